The number of piperazine rings is 1. The molecule has 3 fully saturated rings. The van der Waals surface area contributed by atoms with Gasteiger partial charge in [0.2, 0.25) is 10.1 Å². The van der Waals surface area contributed by atoms with E-state index in [1.165, 1.54) is 0 Å². The Morgan fingerprint density at radius 3 is 2.36 bits per heavy atom. The van der Waals surface area contributed by atoms with Crippen LogP contribution in [0.1, 0.15) is 30.7 Å². The zero-order valence-corrected chi connectivity index (χ0v) is 17.9. The number of ether oxygens (including phenoxy) is 1. The van der Waals surface area contributed by atoms with Crippen molar-refractivity contribution in [3.63, 3.8) is 0 Å². The molecule has 1 spiro atoms. The summed E-state index contributed by atoms with van der Waals surface area (Å²) in [6.45, 7) is 5.91. The summed E-state index contributed by atoms with van der Waals surface area (Å²) in [5.74, 6) is 0. The Hall–Kier alpha value is -0.390. The number of aromatic nitrogens is 2. The van der Waals surface area contributed by atoms with E-state index < -0.39 is 11.2 Å². The van der Waals surface area contributed by atoms with Crippen molar-refractivity contribution in [3.8, 4) is 0 Å². The van der Waals surface area contributed by atoms with Crippen molar-refractivity contribution in [2.75, 3.05) is 50.8 Å². The molecule has 1 unspecified atom stereocenters. The molecule has 1 aromatic heterocycles. The lowest BCUT2D eigenvalue weighted by Crippen LogP contribution is -2.56. The van der Waals surface area contributed by atoms with Crippen molar-refractivity contribution in [2.45, 2.75) is 43.5 Å². The molecule has 1 aromatic rings. The van der Waals surface area contributed by atoms with Gasteiger partial charge < -0.3 is 15.0 Å². The van der Waals surface area contributed by atoms with Gasteiger partial charge in [0.1, 0.15) is 0 Å². The van der Waals surface area contributed by atoms with E-state index in [9.17, 15) is 13.2 Å². The van der Waals surface area contributed by atoms with E-state index in [1.807, 2.05) is 4.90 Å². The molecule has 3 aliphatic heterocycles. The zero-order chi connectivity index (χ0) is 18.2. The van der Waals surface area contributed by atoms with E-state index in [0.29, 0.717) is 35.6 Å². The summed E-state index contributed by atoms with van der Waals surface area (Å²) in [5.41, 5.74) is 0.0200. The standard InChI is InChI=1S/C16H24F3N5OS.2ClH/c17-16(18,19)13-21-22-14(26-13)24-8-6-23(7-9-24)12-1-10-25-15(11-12)2-4-20-5-3-15;;/h12,20H,1-11H2;2*1H. The lowest BCUT2D eigenvalue weighted by Gasteiger charge is -2.48. The molecule has 12 heteroatoms. The summed E-state index contributed by atoms with van der Waals surface area (Å²) < 4.78 is 44.3. The lowest BCUT2D eigenvalue weighted by molar-refractivity contribution is -0.138. The van der Waals surface area contributed by atoms with E-state index in [-0.39, 0.29) is 30.4 Å². The minimum atomic E-state index is -4.41. The van der Waals surface area contributed by atoms with Crippen molar-refractivity contribution in [3.05, 3.63) is 5.01 Å². The highest BCUT2D eigenvalue weighted by atomic mass is 35.5. The first-order valence-electron chi connectivity index (χ1n) is 9.20. The molecule has 28 heavy (non-hydrogen) atoms. The predicted molar refractivity (Wildman–Crippen MR) is 107 cm³/mol. The minimum Gasteiger partial charge on any atom is -0.375 e. The van der Waals surface area contributed by atoms with E-state index in [0.717, 1.165) is 58.5 Å². The molecule has 1 N–H and O–H groups in total. The van der Waals surface area contributed by atoms with Crippen LogP contribution in [0.25, 0.3) is 0 Å². The molecule has 0 radical (unpaired) electrons. The van der Waals surface area contributed by atoms with Gasteiger partial charge in [0, 0.05) is 38.8 Å². The van der Waals surface area contributed by atoms with E-state index >= 15 is 0 Å². The molecule has 3 aliphatic rings. The number of nitrogens with zero attached hydrogens (tertiary/aromatic N) is 4. The van der Waals surface area contributed by atoms with Gasteiger partial charge in [-0.05, 0) is 38.8 Å². The Morgan fingerprint density at radius 1 is 1.07 bits per heavy atom. The molecule has 4 rings (SSSR count). The number of hydrogen-bond acceptors (Lipinski definition) is 7. The Labute approximate surface area is 179 Å². The fourth-order valence-electron chi connectivity index (χ4n) is 4.28. The van der Waals surface area contributed by atoms with Gasteiger partial charge in [0.15, 0.2) is 0 Å². The number of alkyl halides is 3. The molecule has 4 heterocycles. The summed E-state index contributed by atoms with van der Waals surface area (Å²) in [4.78, 5) is 4.40. The number of rotatable bonds is 2. The van der Waals surface area contributed by atoms with Crippen LogP contribution in [0.5, 0.6) is 0 Å². The van der Waals surface area contributed by atoms with Crippen LogP contribution in [0.3, 0.4) is 0 Å². The van der Waals surface area contributed by atoms with Crippen LogP contribution in [0.15, 0.2) is 0 Å². The number of hydrogen-bond donors (Lipinski definition) is 1. The molecular formula is C16H26Cl2F3N5OS. The normalized spacial score (nSPS) is 25.8. The highest BCUT2D eigenvalue weighted by Gasteiger charge is 2.41. The largest absolute Gasteiger partial charge is 0.445 e. The van der Waals surface area contributed by atoms with Crippen molar-refractivity contribution < 1.29 is 17.9 Å². The third-order valence-electron chi connectivity index (χ3n) is 5.74. The average Bonchev–Trinajstić information content (AvgIpc) is 3.13. The van der Waals surface area contributed by atoms with Crippen LogP contribution in [0.4, 0.5) is 18.3 Å². The van der Waals surface area contributed by atoms with Gasteiger partial charge in [-0.25, -0.2) is 0 Å². The Kier molecular flexibility index (Phi) is 8.20. The maximum atomic E-state index is 12.7. The molecular weight excluding hydrogens is 438 g/mol. The van der Waals surface area contributed by atoms with Crippen LogP contribution >= 0.6 is 36.2 Å². The van der Waals surface area contributed by atoms with Gasteiger partial charge in [0.05, 0.1) is 5.60 Å². The molecule has 162 valence electrons. The third kappa shape index (κ3) is 5.20. The summed E-state index contributed by atoms with van der Waals surface area (Å²) >= 11 is 0.634. The summed E-state index contributed by atoms with van der Waals surface area (Å²) in [6, 6.07) is 0.504. The van der Waals surface area contributed by atoms with Crippen molar-refractivity contribution >= 4 is 41.3 Å². The SMILES string of the molecule is Cl.Cl.FC(F)(F)c1nnc(N2CCN(C3CCOC4(CCNCC4)C3)CC2)s1. The topological polar surface area (TPSA) is 53.5 Å². The fraction of sp³-hybridized carbons (Fsp3) is 0.875. The van der Waals surface area contributed by atoms with Crippen LogP contribution in [0.2, 0.25) is 0 Å². The van der Waals surface area contributed by atoms with Crippen LogP contribution in [0, 0.1) is 0 Å². The second-order valence-electron chi connectivity index (χ2n) is 7.34. The Bertz CT molecular complexity index is 616. The molecule has 1 atom stereocenters. The van der Waals surface area contributed by atoms with Gasteiger partial charge >= 0.3 is 6.18 Å². The lowest BCUT2D eigenvalue weighted by atomic mass is 9.82. The summed E-state index contributed by atoms with van der Waals surface area (Å²) in [6.07, 6.45) is -0.191. The van der Waals surface area contributed by atoms with Gasteiger partial charge in [-0.3, -0.25) is 4.90 Å². The highest BCUT2D eigenvalue weighted by Crippen LogP contribution is 2.37. The Balaban J connectivity index is 0.00000140. The molecule has 0 amide bonds. The monoisotopic (exact) mass is 463 g/mol. The van der Waals surface area contributed by atoms with Crippen LogP contribution < -0.4 is 10.2 Å². The van der Waals surface area contributed by atoms with Crippen LogP contribution in [-0.4, -0.2) is 72.6 Å². The Morgan fingerprint density at radius 2 is 1.75 bits per heavy atom. The molecule has 0 aliphatic carbocycles. The van der Waals surface area contributed by atoms with Gasteiger partial charge in [-0.15, -0.1) is 35.0 Å². The smallest absolute Gasteiger partial charge is 0.375 e. The molecule has 0 aromatic carbocycles. The van der Waals surface area contributed by atoms with Crippen LogP contribution in [-0.2, 0) is 10.9 Å². The first kappa shape index (κ1) is 23.9. The van der Waals surface area contributed by atoms with Gasteiger partial charge in [-0.1, -0.05) is 11.3 Å². The predicted octanol–water partition coefficient (Wildman–Crippen LogP) is 2.82. The quantitative estimate of drug-likeness (QED) is 0.727. The first-order valence-corrected chi connectivity index (χ1v) is 10.0. The molecule has 0 saturated carbocycles. The molecule has 6 nitrogen and oxygen atoms in total. The van der Waals surface area contributed by atoms with E-state index in [4.69, 9.17) is 4.74 Å². The van der Waals surface area contributed by atoms with E-state index in [2.05, 4.69) is 20.4 Å². The van der Waals surface area contributed by atoms with E-state index in [1.54, 1.807) is 0 Å². The number of anilines is 1. The average molecular weight is 464 g/mol. The second kappa shape index (κ2) is 9.61. The number of nitrogens with one attached hydrogen (secondary N) is 1. The van der Waals surface area contributed by atoms with Gasteiger partial charge in [0.25, 0.3) is 0 Å². The maximum Gasteiger partial charge on any atom is 0.445 e. The van der Waals surface area contributed by atoms with Crippen molar-refractivity contribution in [1.29, 1.82) is 0 Å². The van der Waals surface area contributed by atoms with Gasteiger partial charge in [-0.2, -0.15) is 13.2 Å². The van der Waals surface area contributed by atoms with Crippen molar-refractivity contribution in [1.82, 2.24) is 20.4 Å². The number of halogens is 5. The maximum absolute atomic E-state index is 12.7. The minimum absolute atomic E-state index is 0. The summed E-state index contributed by atoms with van der Waals surface area (Å²) in [7, 11) is 0. The number of piperidine rings is 1. The molecule has 0 bridgehead atoms. The fourth-order valence-corrected chi connectivity index (χ4v) is 5.04. The second-order valence-corrected chi connectivity index (χ2v) is 8.29. The molecule has 3 saturated heterocycles. The third-order valence-corrected chi connectivity index (χ3v) is 6.77. The zero-order valence-electron chi connectivity index (χ0n) is 15.4. The first-order chi connectivity index (χ1) is 12.5. The van der Waals surface area contributed by atoms with Crippen molar-refractivity contribution in [2.24, 2.45) is 0 Å². The highest BCUT2D eigenvalue weighted by molar-refractivity contribution is 7.15. The summed E-state index contributed by atoms with van der Waals surface area (Å²) in [5, 5.41) is 9.94.